The minimum absolute atomic E-state index is 0.00794. The maximum absolute atomic E-state index is 12.8. The number of benzene rings is 2. The summed E-state index contributed by atoms with van der Waals surface area (Å²) in [6, 6.07) is 17.4. The van der Waals surface area contributed by atoms with Gasteiger partial charge in [-0.3, -0.25) is 9.59 Å². The number of amides is 2. The molecule has 1 unspecified atom stereocenters. The average Bonchev–Trinajstić information content (AvgIpc) is 3.63. The molecular formula is C26H21BrN4O4. The van der Waals surface area contributed by atoms with Crippen LogP contribution in [0.1, 0.15) is 22.9 Å². The number of rotatable bonds is 6. The highest BCUT2D eigenvalue weighted by atomic mass is 79.9. The molecule has 1 atom stereocenters. The number of aromatic nitrogens is 2. The molecule has 0 bridgehead atoms. The van der Waals surface area contributed by atoms with Gasteiger partial charge in [0.1, 0.15) is 12.3 Å². The number of anilines is 1. The van der Waals surface area contributed by atoms with E-state index < -0.39 is 6.23 Å². The smallest absolute Gasteiger partial charge is 0.250 e. The second-order valence-corrected chi connectivity index (χ2v) is 9.46. The van der Waals surface area contributed by atoms with Gasteiger partial charge in [-0.1, -0.05) is 28.1 Å². The van der Waals surface area contributed by atoms with Crippen molar-refractivity contribution in [2.24, 2.45) is 0 Å². The van der Waals surface area contributed by atoms with Crippen molar-refractivity contribution in [1.29, 1.82) is 0 Å². The maximum atomic E-state index is 12.8. The molecular weight excluding hydrogens is 512 g/mol. The molecule has 0 saturated carbocycles. The van der Waals surface area contributed by atoms with Crippen LogP contribution in [0.3, 0.4) is 0 Å². The summed E-state index contributed by atoms with van der Waals surface area (Å²) in [5.41, 5.74) is 5.19. The van der Waals surface area contributed by atoms with Crippen molar-refractivity contribution in [2.45, 2.75) is 19.1 Å². The summed E-state index contributed by atoms with van der Waals surface area (Å²) in [7, 11) is 0. The zero-order valence-corrected chi connectivity index (χ0v) is 20.2. The van der Waals surface area contributed by atoms with Gasteiger partial charge in [0.05, 0.1) is 23.9 Å². The molecule has 9 heteroatoms. The number of hydrogen-bond donors (Lipinski definition) is 1. The first-order chi connectivity index (χ1) is 17.0. The largest absolute Gasteiger partial charge is 0.463 e. The summed E-state index contributed by atoms with van der Waals surface area (Å²) in [6.07, 6.45) is 3.95. The van der Waals surface area contributed by atoms with Gasteiger partial charge >= 0.3 is 0 Å². The van der Waals surface area contributed by atoms with Crippen LogP contribution in [0.4, 0.5) is 5.69 Å². The number of fused-ring (bicyclic) bond motifs is 1. The van der Waals surface area contributed by atoms with Crippen molar-refractivity contribution in [2.75, 3.05) is 18.5 Å². The lowest BCUT2D eigenvalue weighted by atomic mass is 10.1. The maximum Gasteiger partial charge on any atom is 0.250 e. The predicted molar refractivity (Wildman–Crippen MR) is 132 cm³/mol. The first-order valence-corrected chi connectivity index (χ1v) is 12.1. The highest BCUT2D eigenvalue weighted by molar-refractivity contribution is 9.10. The SMILES string of the molecule is O=C1Cc2cc(CCN3C(=O)COC3c3cn(-c4ccc(Br)cc4)nc3-c3ccco3)ccc2N1. The highest BCUT2D eigenvalue weighted by Crippen LogP contribution is 2.36. The lowest BCUT2D eigenvalue weighted by Crippen LogP contribution is -2.30. The summed E-state index contributed by atoms with van der Waals surface area (Å²) >= 11 is 3.46. The van der Waals surface area contributed by atoms with Crippen LogP contribution < -0.4 is 5.32 Å². The van der Waals surface area contributed by atoms with E-state index >= 15 is 0 Å². The number of nitrogens with zero attached hydrogens (tertiary/aromatic N) is 3. The van der Waals surface area contributed by atoms with Crippen LogP contribution in [-0.2, 0) is 27.2 Å². The molecule has 2 aliphatic heterocycles. The molecule has 176 valence electrons. The minimum Gasteiger partial charge on any atom is -0.463 e. The Bertz CT molecular complexity index is 1410. The van der Waals surface area contributed by atoms with Gasteiger partial charge in [0.25, 0.3) is 5.91 Å². The van der Waals surface area contributed by atoms with Crippen molar-refractivity contribution in [3.8, 4) is 17.1 Å². The molecule has 2 aromatic heterocycles. The van der Waals surface area contributed by atoms with Gasteiger partial charge in [0.2, 0.25) is 5.91 Å². The van der Waals surface area contributed by atoms with Crippen molar-refractivity contribution in [3.05, 3.63) is 88.2 Å². The minimum atomic E-state index is -0.579. The number of furan rings is 1. The number of ether oxygens (including phenoxy) is 1. The van der Waals surface area contributed by atoms with Crippen molar-refractivity contribution >= 4 is 33.4 Å². The highest BCUT2D eigenvalue weighted by Gasteiger charge is 2.36. The molecule has 4 aromatic rings. The molecule has 1 fully saturated rings. The molecule has 6 rings (SSSR count). The zero-order valence-electron chi connectivity index (χ0n) is 18.6. The number of carbonyl (C=O) groups is 2. The average molecular weight is 533 g/mol. The third kappa shape index (κ3) is 4.17. The van der Waals surface area contributed by atoms with Crippen molar-refractivity contribution in [1.82, 2.24) is 14.7 Å². The van der Waals surface area contributed by atoms with E-state index in [4.69, 9.17) is 14.3 Å². The van der Waals surface area contributed by atoms with Gasteiger partial charge in [-0.25, -0.2) is 4.68 Å². The molecule has 2 aromatic carbocycles. The van der Waals surface area contributed by atoms with E-state index in [0.29, 0.717) is 30.8 Å². The monoisotopic (exact) mass is 532 g/mol. The number of hydrogen-bond acceptors (Lipinski definition) is 5. The summed E-state index contributed by atoms with van der Waals surface area (Å²) in [5.74, 6) is 0.540. The van der Waals surface area contributed by atoms with E-state index in [9.17, 15) is 9.59 Å². The summed E-state index contributed by atoms with van der Waals surface area (Å²) in [5, 5.41) is 7.62. The van der Waals surface area contributed by atoms with E-state index in [2.05, 4.69) is 21.2 Å². The van der Waals surface area contributed by atoms with Crippen LogP contribution in [0.15, 0.2) is 75.9 Å². The molecule has 2 amide bonds. The number of carbonyl (C=O) groups excluding carboxylic acids is 2. The Kier molecular flexibility index (Phi) is 5.50. The second-order valence-electron chi connectivity index (χ2n) is 8.55. The van der Waals surface area contributed by atoms with E-state index in [1.807, 2.05) is 60.8 Å². The second kappa shape index (κ2) is 8.83. The van der Waals surface area contributed by atoms with Crippen molar-refractivity contribution in [3.63, 3.8) is 0 Å². The molecule has 35 heavy (non-hydrogen) atoms. The standard InChI is InChI=1S/C26H21BrN4O4/c27-18-4-6-19(7-5-18)31-14-20(25(29-31)22-2-1-11-34-22)26-30(24(33)15-35-26)10-9-16-3-8-21-17(12-16)13-23(32)28-21/h1-8,11-12,14,26H,9-10,13,15H2,(H,28,32). The Morgan fingerprint density at radius 3 is 2.77 bits per heavy atom. The Morgan fingerprint density at radius 1 is 1.11 bits per heavy atom. The van der Waals surface area contributed by atoms with E-state index in [0.717, 1.165) is 32.5 Å². The molecule has 8 nitrogen and oxygen atoms in total. The van der Waals surface area contributed by atoms with Crippen molar-refractivity contribution < 1.29 is 18.7 Å². The van der Waals surface area contributed by atoms with Crippen LogP contribution in [0, 0.1) is 0 Å². The normalized spacial score (nSPS) is 17.2. The summed E-state index contributed by atoms with van der Waals surface area (Å²) < 4.78 is 14.4. The fourth-order valence-corrected chi connectivity index (χ4v) is 4.80. The zero-order chi connectivity index (χ0) is 23.9. The van der Waals surface area contributed by atoms with Gasteiger partial charge in [-0.2, -0.15) is 5.10 Å². The van der Waals surface area contributed by atoms with E-state index in [1.54, 1.807) is 15.8 Å². The van der Waals surface area contributed by atoms with E-state index in [-0.39, 0.29) is 18.4 Å². The lowest BCUT2D eigenvalue weighted by Gasteiger charge is -2.23. The Morgan fingerprint density at radius 2 is 1.97 bits per heavy atom. The molecule has 0 spiro atoms. The van der Waals surface area contributed by atoms with Gasteiger partial charge < -0.3 is 19.4 Å². The van der Waals surface area contributed by atoms with Crippen LogP contribution in [0.5, 0.6) is 0 Å². The predicted octanol–water partition coefficient (Wildman–Crippen LogP) is 4.49. The van der Waals surface area contributed by atoms with Crippen LogP contribution in [0.2, 0.25) is 0 Å². The Balaban J connectivity index is 1.30. The third-order valence-corrected chi connectivity index (χ3v) is 6.79. The molecule has 1 saturated heterocycles. The summed E-state index contributed by atoms with van der Waals surface area (Å²) in [4.78, 5) is 26.2. The van der Waals surface area contributed by atoms with E-state index in [1.165, 1.54) is 0 Å². The van der Waals surface area contributed by atoms with Crippen LogP contribution >= 0.6 is 15.9 Å². The first-order valence-electron chi connectivity index (χ1n) is 11.3. The number of nitrogens with one attached hydrogen (secondary N) is 1. The first kappa shape index (κ1) is 21.8. The topological polar surface area (TPSA) is 89.6 Å². The van der Waals surface area contributed by atoms with Gasteiger partial charge in [-0.05, 0) is 60.0 Å². The summed E-state index contributed by atoms with van der Waals surface area (Å²) in [6.45, 7) is 0.485. The molecule has 4 heterocycles. The molecule has 2 aliphatic rings. The van der Waals surface area contributed by atoms with Gasteiger partial charge in [-0.15, -0.1) is 0 Å². The van der Waals surface area contributed by atoms with Crippen LogP contribution in [-0.4, -0.2) is 39.6 Å². The Hall–Kier alpha value is -3.69. The molecule has 1 N–H and O–H groups in total. The van der Waals surface area contributed by atoms with Crippen LogP contribution in [0.25, 0.3) is 17.1 Å². The molecule has 0 aliphatic carbocycles. The lowest BCUT2D eigenvalue weighted by molar-refractivity contribution is -0.128. The third-order valence-electron chi connectivity index (χ3n) is 6.26. The quantitative estimate of drug-likeness (QED) is 0.395. The Labute approximate surface area is 209 Å². The van der Waals surface area contributed by atoms with Gasteiger partial charge in [0.15, 0.2) is 12.0 Å². The number of halogens is 1. The molecule has 0 radical (unpaired) electrons. The van der Waals surface area contributed by atoms with Gasteiger partial charge in [0, 0.05) is 22.9 Å². The fraction of sp³-hybridized carbons (Fsp3) is 0.192. The fourth-order valence-electron chi connectivity index (χ4n) is 4.54.